The van der Waals surface area contributed by atoms with Gasteiger partial charge < -0.3 is 15.2 Å². The number of pyridine rings is 1. The normalized spacial score (nSPS) is 11.4. The molecule has 0 aliphatic rings. The van der Waals surface area contributed by atoms with Crippen LogP contribution < -0.4 is 5.43 Å². The SMILES string of the molecule is Cc1cccc2c(=O)c3c(O)cc(CCCCO)cc3[nH]c12. The molecule has 4 heteroatoms. The smallest absolute Gasteiger partial charge is 0.200 e. The highest BCUT2D eigenvalue weighted by Crippen LogP contribution is 2.26. The molecule has 0 unspecified atom stereocenters. The minimum Gasteiger partial charge on any atom is -0.507 e. The Bertz CT molecular complexity index is 896. The van der Waals surface area contributed by atoms with Gasteiger partial charge in [-0.15, -0.1) is 0 Å². The van der Waals surface area contributed by atoms with Crippen LogP contribution in [0.15, 0.2) is 35.1 Å². The number of aromatic amines is 1. The molecule has 22 heavy (non-hydrogen) atoms. The summed E-state index contributed by atoms with van der Waals surface area (Å²) in [6.45, 7) is 2.12. The minimum atomic E-state index is -0.146. The van der Waals surface area contributed by atoms with Crippen LogP contribution in [0.3, 0.4) is 0 Å². The van der Waals surface area contributed by atoms with Gasteiger partial charge in [0.25, 0.3) is 0 Å². The van der Waals surface area contributed by atoms with Crippen molar-refractivity contribution in [3.63, 3.8) is 0 Å². The van der Waals surface area contributed by atoms with Crippen molar-refractivity contribution in [2.24, 2.45) is 0 Å². The fourth-order valence-corrected chi connectivity index (χ4v) is 2.90. The Kier molecular flexibility index (Phi) is 3.86. The second-order valence-electron chi connectivity index (χ2n) is 5.67. The van der Waals surface area contributed by atoms with Crippen LogP contribution in [-0.4, -0.2) is 21.8 Å². The zero-order valence-corrected chi connectivity index (χ0v) is 12.5. The van der Waals surface area contributed by atoms with Crippen molar-refractivity contribution in [3.05, 3.63) is 51.7 Å². The number of benzene rings is 2. The van der Waals surface area contributed by atoms with Gasteiger partial charge in [-0.05, 0) is 55.5 Å². The summed E-state index contributed by atoms with van der Waals surface area (Å²) in [4.78, 5) is 15.9. The quantitative estimate of drug-likeness (QED) is 0.512. The monoisotopic (exact) mass is 297 g/mol. The molecule has 3 rings (SSSR count). The van der Waals surface area contributed by atoms with Crippen LogP contribution in [0.1, 0.15) is 24.0 Å². The average Bonchev–Trinajstić information content (AvgIpc) is 2.48. The summed E-state index contributed by atoms with van der Waals surface area (Å²) in [5.74, 6) is 0.0150. The molecule has 3 N–H and O–H groups in total. The van der Waals surface area contributed by atoms with E-state index in [0.717, 1.165) is 35.9 Å². The molecule has 0 amide bonds. The average molecular weight is 297 g/mol. The van der Waals surface area contributed by atoms with E-state index in [1.54, 1.807) is 12.1 Å². The van der Waals surface area contributed by atoms with E-state index in [1.807, 2.05) is 25.1 Å². The third kappa shape index (κ3) is 2.46. The maximum absolute atomic E-state index is 12.6. The molecule has 0 saturated carbocycles. The third-order valence-corrected chi connectivity index (χ3v) is 4.06. The molecule has 4 nitrogen and oxygen atoms in total. The van der Waals surface area contributed by atoms with Crippen LogP contribution in [0.5, 0.6) is 5.75 Å². The van der Waals surface area contributed by atoms with E-state index in [9.17, 15) is 9.90 Å². The number of aryl methyl sites for hydroxylation is 2. The molecule has 0 saturated heterocycles. The molecule has 0 aliphatic heterocycles. The Balaban J connectivity index is 2.22. The zero-order chi connectivity index (χ0) is 15.7. The van der Waals surface area contributed by atoms with Crippen molar-refractivity contribution in [2.75, 3.05) is 6.61 Å². The first-order chi connectivity index (χ1) is 10.6. The van der Waals surface area contributed by atoms with Gasteiger partial charge in [0.1, 0.15) is 5.75 Å². The summed E-state index contributed by atoms with van der Waals surface area (Å²) in [7, 11) is 0. The number of para-hydroxylation sites is 1. The first-order valence-electron chi connectivity index (χ1n) is 7.50. The lowest BCUT2D eigenvalue weighted by molar-refractivity contribution is 0.284. The highest BCUT2D eigenvalue weighted by molar-refractivity contribution is 5.96. The molecule has 2 aromatic carbocycles. The van der Waals surface area contributed by atoms with E-state index < -0.39 is 0 Å². The fourth-order valence-electron chi connectivity index (χ4n) is 2.90. The van der Waals surface area contributed by atoms with Crippen LogP contribution in [-0.2, 0) is 6.42 Å². The Hall–Kier alpha value is -2.33. The topological polar surface area (TPSA) is 73.3 Å². The summed E-state index contributed by atoms with van der Waals surface area (Å²) < 4.78 is 0. The van der Waals surface area contributed by atoms with Gasteiger partial charge in [-0.3, -0.25) is 4.79 Å². The predicted octanol–water partition coefficient (Wildman–Crippen LogP) is 3.01. The van der Waals surface area contributed by atoms with Crippen molar-refractivity contribution in [1.29, 1.82) is 0 Å². The number of fused-ring (bicyclic) bond motifs is 2. The number of H-pyrrole nitrogens is 1. The molecule has 1 heterocycles. The van der Waals surface area contributed by atoms with E-state index in [4.69, 9.17) is 5.11 Å². The van der Waals surface area contributed by atoms with Crippen molar-refractivity contribution in [2.45, 2.75) is 26.2 Å². The lowest BCUT2D eigenvalue weighted by Crippen LogP contribution is -2.06. The minimum absolute atomic E-state index is 0.0150. The number of hydrogen-bond donors (Lipinski definition) is 3. The third-order valence-electron chi connectivity index (χ3n) is 4.06. The van der Waals surface area contributed by atoms with Crippen molar-refractivity contribution in [1.82, 2.24) is 4.98 Å². The molecular weight excluding hydrogens is 278 g/mol. The molecule has 0 aliphatic carbocycles. The van der Waals surface area contributed by atoms with Crippen molar-refractivity contribution in [3.8, 4) is 5.75 Å². The highest BCUT2D eigenvalue weighted by atomic mass is 16.3. The molecule has 0 bridgehead atoms. The predicted molar refractivity (Wildman–Crippen MR) is 88.5 cm³/mol. The largest absolute Gasteiger partial charge is 0.507 e. The maximum Gasteiger partial charge on any atom is 0.200 e. The Labute approximate surface area is 128 Å². The first-order valence-corrected chi connectivity index (χ1v) is 7.50. The van der Waals surface area contributed by atoms with Crippen LogP contribution in [0.2, 0.25) is 0 Å². The Morgan fingerprint density at radius 2 is 2.00 bits per heavy atom. The van der Waals surface area contributed by atoms with E-state index in [-0.39, 0.29) is 17.8 Å². The Morgan fingerprint density at radius 1 is 1.18 bits per heavy atom. The lowest BCUT2D eigenvalue weighted by Gasteiger charge is -2.09. The second kappa shape index (κ2) is 5.81. The summed E-state index contributed by atoms with van der Waals surface area (Å²) in [5.41, 5.74) is 3.29. The van der Waals surface area contributed by atoms with Crippen LogP contribution >= 0.6 is 0 Å². The number of aromatic hydroxyl groups is 1. The molecule has 0 spiro atoms. The van der Waals surface area contributed by atoms with E-state index >= 15 is 0 Å². The Morgan fingerprint density at radius 3 is 2.77 bits per heavy atom. The molecule has 1 aromatic heterocycles. The highest BCUT2D eigenvalue weighted by Gasteiger charge is 2.11. The molecule has 0 atom stereocenters. The van der Waals surface area contributed by atoms with Crippen LogP contribution in [0.25, 0.3) is 21.8 Å². The van der Waals surface area contributed by atoms with Crippen LogP contribution in [0, 0.1) is 6.92 Å². The van der Waals surface area contributed by atoms with Gasteiger partial charge in [0, 0.05) is 12.0 Å². The van der Waals surface area contributed by atoms with Crippen molar-refractivity contribution < 1.29 is 10.2 Å². The number of phenolic OH excluding ortho intramolecular Hbond substituents is 1. The summed E-state index contributed by atoms with van der Waals surface area (Å²) in [6, 6.07) is 9.14. The van der Waals surface area contributed by atoms with Gasteiger partial charge in [0.2, 0.25) is 5.43 Å². The van der Waals surface area contributed by atoms with E-state index in [0.29, 0.717) is 16.3 Å². The summed E-state index contributed by atoms with van der Waals surface area (Å²) in [6.07, 6.45) is 2.34. The van der Waals surface area contributed by atoms with Gasteiger partial charge in [0.05, 0.1) is 16.4 Å². The number of aliphatic hydroxyl groups is 1. The van der Waals surface area contributed by atoms with Gasteiger partial charge in [-0.2, -0.15) is 0 Å². The molecular formula is C18H19NO3. The van der Waals surface area contributed by atoms with E-state index in [1.165, 1.54) is 0 Å². The van der Waals surface area contributed by atoms with E-state index in [2.05, 4.69) is 4.98 Å². The van der Waals surface area contributed by atoms with Gasteiger partial charge in [-0.25, -0.2) is 0 Å². The first kappa shape index (κ1) is 14.6. The maximum atomic E-state index is 12.6. The van der Waals surface area contributed by atoms with Crippen LogP contribution in [0.4, 0.5) is 0 Å². The number of aliphatic hydroxyl groups excluding tert-OH is 1. The van der Waals surface area contributed by atoms with Gasteiger partial charge in [0.15, 0.2) is 0 Å². The number of nitrogens with one attached hydrogen (secondary N) is 1. The molecule has 114 valence electrons. The number of aromatic nitrogens is 1. The fraction of sp³-hybridized carbons (Fsp3) is 0.278. The molecule has 0 fully saturated rings. The molecule has 0 radical (unpaired) electrons. The van der Waals surface area contributed by atoms with Gasteiger partial charge in [-0.1, -0.05) is 12.1 Å². The second-order valence-corrected chi connectivity index (χ2v) is 5.67. The number of unbranched alkanes of at least 4 members (excludes halogenated alkanes) is 1. The zero-order valence-electron chi connectivity index (χ0n) is 12.5. The van der Waals surface area contributed by atoms with Crippen molar-refractivity contribution >= 4 is 21.8 Å². The molecule has 3 aromatic rings. The van der Waals surface area contributed by atoms with Gasteiger partial charge >= 0.3 is 0 Å². The summed E-state index contributed by atoms with van der Waals surface area (Å²) in [5, 5.41) is 20.0. The summed E-state index contributed by atoms with van der Waals surface area (Å²) >= 11 is 0. The number of rotatable bonds is 4. The number of hydrogen-bond acceptors (Lipinski definition) is 3. The lowest BCUT2D eigenvalue weighted by atomic mass is 10.0. The number of phenols is 1. The standard InChI is InChI=1S/C18H19NO3/c1-11-5-4-7-13-17(11)19-14-9-12(6-2-3-8-20)10-15(21)16(14)18(13)22/h4-5,7,9-10,20-21H,2-3,6,8H2,1H3,(H,19,22).